The molecule has 0 amide bonds. The summed E-state index contributed by atoms with van der Waals surface area (Å²) in [5, 5.41) is 0. The third-order valence-corrected chi connectivity index (χ3v) is 17.1. The Kier molecular flexibility index (Phi) is 70.0. The summed E-state index contributed by atoms with van der Waals surface area (Å²) in [7, 11) is 0. The number of esters is 3. The molecule has 1 unspecified atom stereocenters. The van der Waals surface area contributed by atoms with E-state index in [0.717, 1.165) is 64.2 Å². The SMILES string of the molecule is CCCCC/C=C\C/C=C\CCCCCCCCCCCC(=O)OC(COC(=O)CCCCCCCCC/C=C\CCCCCCCC)COC(=O)CCCCCCCCCCCCCCCCCCCCCCCCCCCCCCC. The molecule has 0 heterocycles. The van der Waals surface area contributed by atoms with Gasteiger partial charge >= 0.3 is 17.9 Å². The summed E-state index contributed by atoms with van der Waals surface area (Å²) in [5.74, 6) is -0.848. The number of rotatable bonds is 70. The van der Waals surface area contributed by atoms with Gasteiger partial charge in [-0.15, -0.1) is 0 Å². The molecule has 0 aromatic heterocycles. The Hall–Kier alpha value is -2.37. The lowest BCUT2D eigenvalue weighted by molar-refractivity contribution is -0.167. The largest absolute Gasteiger partial charge is 0.462 e. The topological polar surface area (TPSA) is 78.9 Å². The molecule has 0 spiro atoms. The minimum absolute atomic E-state index is 0.0703. The molecular weight excluding hydrogens is 1020 g/mol. The second-order valence-corrected chi connectivity index (χ2v) is 25.6. The van der Waals surface area contributed by atoms with E-state index in [0.29, 0.717) is 19.3 Å². The van der Waals surface area contributed by atoms with Crippen molar-refractivity contribution in [3.63, 3.8) is 0 Å². The summed E-state index contributed by atoms with van der Waals surface area (Å²) in [5.41, 5.74) is 0. The molecule has 0 bridgehead atoms. The third-order valence-electron chi connectivity index (χ3n) is 17.1. The fourth-order valence-electron chi connectivity index (χ4n) is 11.5. The van der Waals surface area contributed by atoms with Crippen LogP contribution in [0.15, 0.2) is 36.5 Å². The van der Waals surface area contributed by atoms with Crippen LogP contribution in [0.25, 0.3) is 0 Å². The number of unbranched alkanes of at least 4 members (excludes halogenated alkanes) is 53. The van der Waals surface area contributed by atoms with Crippen LogP contribution in [-0.2, 0) is 28.6 Å². The molecule has 0 radical (unpaired) electrons. The fourth-order valence-corrected chi connectivity index (χ4v) is 11.5. The lowest BCUT2D eigenvalue weighted by atomic mass is 10.0. The minimum Gasteiger partial charge on any atom is -0.462 e. The molecule has 0 fully saturated rings. The number of hydrogen-bond donors (Lipinski definition) is 0. The Labute approximate surface area is 518 Å². The van der Waals surface area contributed by atoms with Gasteiger partial charge in [0.2, 0.25) is 0 Å². The molecule has 0 aliphatic carbocycles. The molecule has 83 heavy (non-hydrogen) atoms. The summed E-state index contributed by atoms with van der Waals surface area (Å²) in [6.45, 7) is 6.69. The predicted molar refractivity (Wildman–Crippen MR) is 362 cm³/mol. The molecule has 1 atom stereocenters. The van der Waals surface area contributed by atoms with Crippen molar-refractivity contribution in [3.8, 4) is 0 Å². The monoisotopic (exact) mass is 1170 g/mol. The molecule has 6 heteroatoms. The van der Waals surface area contributed by atoms with Crippen LogP contribution >= 0.6 is 0 Å². The summed E-state index contributed by atoms with van der Waals surface area (Å²) < 4.78 is 17.0. The van der Waals surface area contributed by atoms with E-state index in [2.05, 4.69) is 57.2 Å². The van der Waals surface area contributed by atoms with Gasteiger partial charge in [-0.05, 0) is 77.0 Å². The molecule has 0 aromatic rings. The van der Waals surface area contributed by atoms with Gasteiger partial charge < -0.3 is 14.2 Å². The molecule has 0 saturated heterocycles. The van der Waals surface area contributed by atoms with E-state index < -0.39 is 6.10 Å². The molecular formula is C77H144O6. The molecule has 0 N–H and O–H groups in total. The molecule has 0 aromatic carbocycles. The van der Waals surface area contributed by atoms with Crippen molar-refractivity contribution in [1.82, 2.24) is 0 Å². The zero-order valence-electron chi connectivity index (χ0n) is 56.2. The zero-order valence-corrected chi connectivity index (χ0v) is 56.2. The molecule has 0 saturated carbocycles. The Balaban J connectivity index is 4.22. The van der Waals surface area contributed by atoms with E-state index in [-0.39, 0.29) is 31.1 Å². The minimum atomic E-state index is -0.776. The average Bonchev–Trinajstić information content (AvgIpc) is 3.49. The highest BCUT2D eigenvalue weighted by molar-refractivity contribution is 5.71. The summed E-state index contributed by atoms with van der Waals surface area (Å²) in [6, 6.07) is 0. The van der Waals surface area contributed by atoms with Crippen molar-refractivity contribution in [2.24, 2.45) is 0 Å². The van der Waals surface area contributed by atoms with Crippen LogP contribution in [0.4, 0.5) is 0 Å². The van der Waals surface area contributed by atoms with Crippen molar-refractivity contribution < 1.29 is 28.6 Å². The van der Waals surface area contributed by atoms with Gasteiger partial charge in [-0.25, -0.2) is 0 Å². The summed E-state index contributed by atoms with van der Waals surface area (Å²) in [6.07, 6.45) is 90.5. The summed E-state index contributed by atoms with van der Waals surface area (Å²) in [4.78, 5) is 38.5. The quantitative estimate of drug-likeness (QED) is 0.0261. The lowest BCUT2D eigenvalue weighted by Crippen LogP contribution is -2.30. The van der Waals surface area contributed by atoms with Gasteiger partial charge in [0.05, 0.1) is 0 Å². The smallest absolute Gasteiger partial charge is 0.306 e. The maximum atomic E-state index is 13.0. The van der Waals surface area contributed by atoms with E-state index in [1.54, 1.807) is 0 Å². The van der Waals surface area contributed by atoms with Gasteiger partial charge in [-0.3, -0.25) is 14.4 Å². The lowest BCUT2D eigenvalue weighted by Gasteiger charge is -2.18. The average molecular weight is 1170 g/mol. The highest BCUT2D eigenvalue weighted by atomic mass is 16.6. The van der Waals surface area contributed by atoms with Crippen LogP contribution in [-0.4, -0.2) is 37.2 Å². The number of hydrogen-bond acceptors (Lipinski definition) is 6. The maximum Gasteiger partial charge on any atom is 0.306 e. The number of ether oxygens (including phenoxy) is 3. The maximum absolute atomic E-state index is 13.0. The Morgan fingerprint density at radius 3 is 0.699 bits per heavy atom. The van der Waals surface area contributed by atoms with Crippen LogP contribution in [0, 0.1) is 0 Å². The number of carbonyl (C=O) groups is 3. The van der Waals surface area contributed by atoms with Crippen LogP contribution in [0.5, 0.6) is 0 Å². The first-order valence-electron chi connectivity index (χ1n) is 37.5. The number of allylic oxidation sites excluding steroid dienone is 6. The highest BCUT2D eigenvalue weighted by Gasteiger charge is 2.20. The van der Waals surface area contributed by atoms with E-state index in [4.69, 9.17) is 14.2 Å². The zero-order chi connectivity index (χ0) is 59.9. The van der Waals surface area contributed by atoms with Crippen molar-refractivity contribution >= 4 is 17.9 Å². The molecule has 0 aliphatic rings. The Morgan fingerprint density at radius 1 is 0.241 bits per heavy atom. The fraction of sp³-hybridized carbons (Fsp3) is 0.883. The Bertz CT molecular complexity index is 1380. The van der Waals surface area contributed by atoms with Crippen LogP contribution in [0.1, 0.15) is 419 Å². The standard InChI is InChI=1S/C77H144O6/c1-4-7-10-13-16-19-22-25-28-31-33-34-35-36-37-38-39-40-41-42-44-46-49-52-55-58-61-64-67-70-76(79)82-73-74(72-81-75(78)69-66-63-60-57-54-51-48-45-30-27-24-21-18-15-12-9-6-3)83-77(80)71-68-65-62-59-56-53-50-47-43-32-29-26-23-20-17-14-11-8-5-2/h17,20,26-27,29-30,74H,4-16,18-19,21-25,28,31-73H2,1-3H3/b20-17-,29-26-,30-27-. The van der Waals surface area contributed by atoms with Gasteiger partial charge in [0.15, 0.2) is 6.10 Å². The number of carbonyl (C=O) groups excluding carboxylic acids is 3. The summed E-state index contributed by atoms with van der Waals surface area (Å²) >= 11 is 0. The van der Waals surface area contributed by atoms with E-state index >= 15 is 0 Å². The van der Waals surface area contributed by atoms with Gasteiger partial charge in [0, 0.05) is 19.3 Å². The second kappa shape index (κ2) is 72.1. The van der Waals surface area contributed by atoms with Crippen molar-refractivity contribution in [3.05, 3.63) is 36.5 Å². The first kappa shape index (κ1) is 80.6. The highest BCUT2D eigenvalue weighted by Crippen LogP contribution is 2.19. The van der Waals surface area contributed by atoms with Crippen LogP contribution in [0.3, 0.4) is 0 Å². The predicted octanol–water partition coefficient (Wildman–Crippen LogP) is 25.9. The first-order chi connectivity index (χ1) is 41.0. The van der Waals surface area contributed by atoms with Gasteiger partial charge in [-0.2, -0.15) is 0 Å². The van der Waals surface area contributed by atoms with E-state index in [1.165, 1.54) is 315 Å². The van der Waals surface area contributed by atoms with Gasteiger partial charge in [0.25, 0.3) is 0 Å². The van der Waals surface area contributed by atoms with Crippen molar-refractivity contribution in [2.45, 2.75) is 425 Å². The van der Waals surface area contributed by atoms with Gasteiger partial charge in [-0.1, -0.05) is 359 Å². The third kappa shape index (κ3) is 70.3. The molecule has 0 rings (SSSR count). The molecule has 488 valence electrons. The first-order valence-corrected chi connectivity index (χ1v) is 37.5. The van der Waals surface area contributed by atoms with Crippen LogP contribution < -0.4 is 0 Å². The van der Waals surface area contributed by atoms with Crippen molar-refractivity contribution in [2.75, 3.05) is 13.2 Å². The van der Waals surface area contributed by atoms with Gasteiger partial charge in [0.1, 0.15) is 13.2 Å². The Morgan fingerprint density at radius 2 is 0.434 bits per heavy atom. The van der Waals surface area contributed by atoms with Crippen molar-refractivity contribution in [1.29, 1.82) is 0 Å². The normalized spacial score (nSPS) is 12.2. The van der Waals surface area contributed by atoms with E-state index in [1.807, 2.05) is 0 Å². The second-order valence-electron chi connectivity index (χ2n) is 25.6. The van der Waals surface area contributed by atoms with Crippen LogP contribution in [0.2, 0.25) is 0 Å². The molecule has 0 aliphatic heterocycles. The van der Waals surface area contributed by atoms with E-state index in [9.17, 15) is 14.4 Å². The molecule has 6 nitrogen and oxygen atoms in total.